The maximum atomic E-state index is 9.95. The van der Waals surface area contributed by atoms with Gasteiger partial charge in [-0.15, -0.1) is 0 Å². The molecule has 1 aliphatic rings. The van der Waals surface area contributed by atoms with Crippen LogP contribution in [0.3, 0.4) is 0 Å². The van der Waals surface area contributed by atoms with Gasteiger partial charge in [-0.2, -0.15) is 5.26 Å². The number of nitriles is 1. The Morgan fingerprint density at radius 3 is 2.80 bits per heavy atom. The predicted octanol–water partition coefficient (Wildman–Crippen LogP) is 0.755. The summed E-state index contributed by atoms with van der Waals surface area (Å²) in [6.07, 6.45) is 0.935. The first-order valence-corrected chi connectivity index (χ1v) is 6.89. The molecule has 1 fully saturated rings. The minimum Gasteiger partial charge on any atom is -0.491 e. The van der Waals surface area contributed by atoms with Gasteiger partial charge in [0.25, 0.3) is 0 Å². The van der Waals surface area contributed by atoms with E-state index in [0.717, 1.165) is 19.4 Å². The summed E-state index contributed by atoms with van der Waals surface area (Å²) < 4.78 is 5.49. The summed E-state index contributed by atoms with van der Waals surface area (Å²) >= 11 is 0. The number of hydrogen-bond donors (Lipinski definition) is 2. The fourth-order valence-corrected chi connectivity index (χ4v) is 2.37. The van der Waals surface area contributed by atoms with Gasteiger partial charge in [-0.1, -0.05) is 0 Å². The van der Waals surface area contributed by atoms with Crippen LogP contribution in [0.25, 0.3) is 0 Å². The molecule has 0 aromatic heterocycles. The second-order valence-electron chi connectivity index (χ2n) is 5.16. The molecule has 2 unspecified atom stereocenters. The van der Waals surface area contributed by atoms with Crippen LogP contribution in [-0.2, 0) is 0 Å². The summed E-state index contributed by atoms with van der Waals surface area (Å²) in [5, 5.41) is 28.2. The summed E-state index contributed by atoms with van der Waals surface area (Å²) in [4.78, 5) is 2.06. The number of β-amino-alcohol motifs (C(OH)–C–C–N with tert-alkyl or cyclic N) is 2. The Bertz CT molecular complexity index is 455. The molecule has 2 N–H and O–H groups in total. The smallest absolute Gasteiger partial charge is 0.119 e. The Kier molecular flexibility index (Phi) is 5.36. The lowest BCUT2D eigenvalue weighted by Crippen LogP contribution is -2.43. The molecule has 1 heterocycles. The van der Waals surface area contributed by atoms with Crippen molar-refractivity contribution >= 4 is 0 Å². The maximum absolute atomic E-state index is 9.95. The molecule has 5 heteroatoms. The summed E-state index contributed by atoms with van der Waals surface area (Å²) in [5.41, 5.74) is 0.584. The van der Waals surface area contributed by atoms with E-state index in [1.807, 2.05) is 6.07 Å². The van der Waals surface area contributed by atoms with Crippen molar-refractivity contribution in [1.82, 2.24) is 4.90 Å². The van der Waals surface area contributed by atoms with Crippen molar-refractivity contribution in [2.45, 2.75) is 25.0 Å². The molecular formula is C15H20N2O3. The fraction of sp³-hybridized carbons (Fsp3) is 0.533. The van der Waals surface area contributed by atoms with Gasteiger partial charge in [-0.05, 0) is 43.7 Å². The number of piperidine rings is 1. The molecule has 2 rings (SSSR count). The van der Waals surface area contributed by atoms with E-state index < -0.39 is 6.10 Å². The van der Waals surface area contributed by atoms with Crippen LogP contribution in [0.4, 0.5) is 0 Å². The zero-order valence-electron chi connectivity index (χ0n) is 11.4. The van der Waals surface area contributed by atoms with Crippen LogP contribution >= 0.6 is 0 Å². The Labute approximate surface area is 119 Å². The molecule has 0 aliphatic carbocycles. The van der Waals surface area contributed by atoms with E-state index >= 15 is 0 Å². The Morgan fingerprint density at radius 1 is 1.40 bits per heavy atom. The maximum Gasteiger partial charge on any atom is 0.119 e. The van der Waals surface area contributed by atoms with Crippen molar-refractivity contribution in [3.05, 3.63) is 29.8 Å². The highest BCUT2D eigenvalue weighted by atomic mass is 16.5. The van der Waals surface area contributed by atoms with Crippen molar-refractivity contribution in [3.8, 4) is 11.8 Å². The molecule has 1 aromatic carbocycles. The number of nitrogens with zero attached hydrogens (tertiary/aromatic N) is 2. The molecule has 1 aliphatic heterocycles. The van der Waals surface area contributed by atoms with E-state index in [-0.39, 0.29) is 12.7 Å². The molecule has 0 bridgehead atoms. The van der Waals surface area contributed by atoms with Gasteiger partial charge < -0.3 is 14.9 Å². The van der Waals surface area contributed by atoms with E-state index in [1.165, 1.54) is 0 Å². The van der Waals surface area contributed by atoms with Crippen LogP contribution < -0.4 is 4.74 Å². The monoisotopic (exact) mass is 276 g/mol. The molecule has 20 heavy (non-hydrogen) atoms. The van der Waals surface area contributed by atoms with Gasteiger partial charge in [0.05, 0.1) is 17.7 Å². The van der Waals surface area contributed by atoms with Crippen LogP contribution in [0.2, 0.25) is 0 Å². The highest BCUT2D eigenvalue weighted by molar-refractivity contribution is 5.34. The van der Waals surface area contributed by atoms with Crippen LogP contribution in [0.15, 0.2) is 24.3 Å². The third kappa shape index (κ3) is 4.49. The molecular weight excluding hydrogens is 256 g/mol. The minimum absolute atomic E-state index is 0.207. The molecule has 0 spiro atoms. The van der Waals surface area contributed by atoms with Crippen LogP contribution in [0, 0.1) is 11.3 Å². The Morgan fingerprint density at radius 2 is 2.15 bits per heavy atom. The van der Waals surface area contributed by atoms with Gasteiger partial charge in [0, 0.05) is 13.1 Å². The number of aliphatic hydroxyl groups is 2. The van der Waals surface area contributed by atoms with Crippen molar-refractivity contribution in [3.63, 3.8) is 0 Å². The van der Waals surface area contributed by atoms with Gasteiger partial charge in [0.1, 0.15) is 18.5 Å². The number of benzene rings is 1. The van der Waals surface area contributed by atoms with Crippen molar-refractivity contribution in [2.75, 3.05) is 26.2 Å². The lowest BCUT2D eigenvalue weighted by atomic mass is 10.1. The first-order chi connectivity index (χ1) is 9.67. The van der Waals surface area contributed by atoms with E-state index in [0.29, 0.717) is 24.4 Å². The van der Waals surface area contributed by atoms with Gasteiger partial charge in [-0.25, -0.2) is 0 Å². The normalized spacial score (nSPS) is 21.1. The van der Waals surface area contributed by atoms with Gasteiger partial charge in [0.15, 0.2) is 0 Å². The van der Waals surface area contributed by atoms with Crippen LogP contribution in [0.5, 0.6) is 5.75 Å². The number of ether oxygens (including phenoxy) is 1. The average molecular weight is 276 g/mol. The molecule has 1 aromatic rings. The average Bonchev–Trinajstić information content (AvgIpc) is 2.46. The van der Waals surface area contributed by atoms with Crippen molar-refractivity contribution < 1.29 is 14.9 Å². The molecule has 108 valence electrons. The lowest BCUT2D eigenvalue weighted by Gasteiger charge is -2.31. The lowest BCUT2D eigenvalue weighted by molar-refractivity contribution is 0.0243. The fourth-order valence-electron chi connectivity index (χ4n) is 2.37. The second-order valence-corrected chi connectivity index (χ2v) is 5.16. The van der Waals surface area contributed by atoms with Gasteiger partial charge in [0.2, 0.25) is 0 Å². The summed E-state index contributed by atoms with van der Waals surface area (Å²) in [6, 6.07) is 8.84. The number of rotatable bonds is 5. The minimum atomic E-state index is -0.587. The standard InChI is InChI=1S/C15H20N2O3/c16-8-12-3-5-15(6-4-12)20-11-14(19)10-17-7-1-2-13(18)9-17/h3-6,13-14,18-19H,1-2,7,9-11H2. The zero-order chi connectivity index (χ0) is 14.4. The number of aliphatic hydroxyl groups excluding tert-OH is 2. The SMILES string of the molecule is N#Cc1ccc(OCC(O)CN2CCCC(O)C2)cc1. The number of hydrogen-bond acceptors (Lipinski definition) is 5. The third-order valence-electron chi connectivity index (χ3n) is 3.38. The van der Waals surface area contributed by atoms with E-state index in [4.69, 9.17) is 10.00 Å². The van der Waals surface area contributed by atoms with E-state index in [1.54, 1.807) is 24.3 Å². The third-order valence-corrected chi connectivity index (χ3v) is 3.38. The quantitative estimate of drug-likeness (QED) is 0.830. The summed E-state index contributed by atoms with van der Waals surface area (Å²) in [5.74, 6) is 0.640. The number of likely N-dealkylation sites (tertiary alicyclic amines) is 1. The molecule has 2 atom stereocenters. The van der Waals surface area contributed by atoms with E-state index in [9.17, 15) is 10.2 Å². The predicted molar refractivity (Wildman–Crippen MR) is 74.3 cm³/mol. The first-order valence-electron chi connectivity index (χ1n) is 6.89. The molecule has 0 radical (unpaired) electrons. The summed E-state index contributed by atoms with van der Waals surface area (Å²) in [7, 11) is 0. The van der Waals surface area contributed by atoms with Crippen molar-refractivity contribution in [1.29, 1.82) is 5.26 Å². The largest absolute Gasteiger partial charge is 0.491 e. The highest BCUT2D eigenvalue weighted by Crippen LogP contribution is 2.13. The molecule has 0 amide bonds. The topological polar surface area (TPSA) is 76.7 Å². The van der Waals surface area contributed by atoms with Gasteiger partial charge >= 0.3 is 0 Å². The zero-order valence-corrected chi connectivity index (χ0v) is 11.4. The molecule has 0 saturated carbocycles. The summed E-state index contributed by atoms with van der Waals surface area (Å²) in [6.45, 7) is 2.24. The molecule has 1 saturated heterocycles. The second kappa shape index (κ2) is 7.25. The Balaban J connectivity index is 1.74. The Hall–Kier alpha value is -1.61. The van der Waals surface area contributed by atoms with Crippen LogP contribution in [-0.4, -0.2) is 53.6 Å². The molecule has 5 nitrogen and oxygen atoms in total. The van der Waals surface area contributed by atoms with Gasteiger partial charge in [-0.3, -0.25) is 4.90 Å². The van der Waals surface area contributed by atoms with E-state index in [2.05, 4.69) is 4.90 Å². The highest BCUT2D eigenvalue weighted by Gasteiger charge is 2.20. The first kappa shape index (κ1) is 14.8. The van der Waals surface area contributed by atoms with Crippen molar-refractivity contribution in [2.24, 2.45) is 0 Å². The van der Waals surface area contributed by atoms with Crippen LogP contribution in [0.1, 0.15) is 18.4 Å².